The van der Waals surface area contributed by atoms with E-state index in [0.717, 1.165) is 24.6 Å². The summed E-state index contributed by atoms with van der Waals surface area (Å²) in [6, 6.07) is 3.78. The van der Waals surface area contributed by atoms with Gasteiger partial charge in [-0.2, -0.15) is 13.2 Å². The van der Waals surface area contributed by atoms with Gasteiger partial charge in [0.25, 0.3) is 0 Å². The Bertz CT molecular complexity index is 831. The first kappa shape index (κ1) is 16.6. The number of nitrogens with zero attached hydrogens (tertiary/aromatic N) is 3. The molecule has 4 rings (SSSR count). The van der Waals surface area contributed by atoms with Gasteiger partial charge in [-0.25, -0.2) is 14.8 Å². The minimum absolute atomic E-state index is 0.0899. The number of amides is 2. The van der Waals surface area contributed by atoms with Crippen LogP contribution in [0.5, 0.6) is 5.75 Å². The summed E-state index contributed by atoms with van der Waals surface area (Å²) >= 11 is 0. The molecule has 1 N–H and O–H groups in total. The van der Waals surface area contributed by atoms with Gasteiger partial charge >= 0.3 is 12.6 Å². The summed E-state index contributed by atoms with van der Waals surface area (Å²) in [4.78, 5) is 22.0. The fourth-order valence-electron chi connectivity index (χ4n) is 3.73. The number of ether oxygens (including phenoxy) is 1. The molecule has 136 valence electrons. The molecule has 1 fully saturated rings. The third kappa shape index (κ3) is 2.93. The van der Waals surface area contributed by atoms with E-state index in [1.165, 1.54) is 18.3 Å². The third-order valence-electron chi connectivity index (χ3n) is 4.77. The molecule has 2 bridgehead atoms. The summed E-state index contributed by atoms with van der Waals surface area (Å²) in [6.45, 7) is -2.93. The van der Waals surface area contributed by atoms with Crippen LogP contribution in [0, 0.1) is 5.95 Å². The van der Waals surface area contributed by atoms with Gasteiger partial charge in [0.1, 0.15) is 11.6 Å². The fraction of sp³-hybridized carbons (Fsp3) is 0.353. The Labute approximate surface area is 147 Å². The summed E-state index contributed by atoms with van der Waals surface area (Å²) in [6.07, 6.45) is 4.48. The Hall–Kier alpha value is -2.84. The summed E-state index contributed by atoms with van der Waals surface area (Å²) in [5.74, 6) is -0.341. The molecule has 4 heterocycles. The summed E-state index contributed by atoms with van der Waals surface area (Å²) in [5.41, 5.74) is 1.37. The van der Waals surface area contributed by atoms with Crippen molar-refractivity contribution >= 4 is 11.8 Å². The maximum absolute atomic E-state index is 13.9. The first-order valence-electron chi connectivity index (χ1n) is 8.16. The molecule has 2 aromatic heterocycles. The predicted molar refractivity (Wildman–Crippen MR) is 85.4 cm³/mol. The van der Waals surface area contributed by atoms with Crippen molar-refractivity contribution in [3.05, 3.63) is 47.7 Å². The van der Waals surface area contributed by atoms with Crippen LogP contribution < -0.4 is 10.1 Å². The molecule has 0 unspecified atom stereocenters. The van der Waals surface area contributed by atoms with Crippen molar-refractivity contribution in [1.29, 1.82) is 0 Å². The molecule has 0 saturated carbocycles. The highest BCUT2D eigenvalue weighted by Crippen LogP contribution is 2.44. The van der Waals surface area contributed by atoms with Crippen LogP contribution in [-0.2, 0) is 6.42 Å². The smallest absolute Gasteiger partial charge is 0.387 e. The maximum atomic E-state index is 13.9. The van der Waals surface area contributed by atoms with Gasteiger partial charge < -0.3 is 9.64 Å². The molecular formula is C17H15F3N4O2. The van der Waals surface area contributed by atoms with Crippen molar-refractivity contribution in [2.75, 3.05) is 5.32 Å². The van der Waals surface area contributed by atoms with Crippen molar-refractivity contribution in [1.82, 2.24) is 14.9 Å². The zero-order valence-electron chi connectivity index (χ0n) is 13.5. The highest BCUT2D eigenvalue weighted by Gasteiger charge is 2.43. The maximum Gasteiger partial charge on any atom is 0.387 e. The highest BCUT2D eigenvalue weighted by molar-refractivity contribution is 5.89. The van der Waals surface area contributed by atoms with Gasteiger partial charge in [0.2, 0.25) is 5.95 Å². The van der Waals surface area contributed by atoms with Gasteiger partial charge in [-0.3, -0.25) is 5.32 Å². The van der Waals surface area contributed by atoms with Gasteiger partial charge in [-0.1, -0.05) is 0 Å². The molecule has 6 nitrogen and oxygen atoms in total. The predicted octanol–water partition coefficient (Wildman–Crippen LogP) is 3.51. The average molecular weight is 364 g/mol. The van der Waals surface area contributed by atoms with Crippen molar-refractivity contribution in [2.24, 2.45) is 0 Å². The van der Waals surface area contributed by atoms with E-state index < -0.39 is 12.6 Å². The number of urea groups is 1. The number of aromatic nitrogens is 2. The molecule has 2 aromatic rings. The lowest BCUT2D eigenvalue weighted by Gasteiger charge is -2.36. The van der Waals surface area contributed by atoms with Gasteiger partial charge in [-0.15, -0.1) is 0 Å². The quantitative estimate of drug-likeness (QED) is 0.847. The number of carbonyl (C=O) groups excluding carboxylic acids is 1. The van der Waals surface area contributed by atoms with Gasteiger partial charge in [0, 0.05) is 17.8 Å². The number of fused-ring (bicyclic) bond motifs is 4. The Morgan fingerprint density at radius 2 is 2.12 bits per heavy atom. The van der Waals surface area contributed by atoms with Crippen molar-refractivity contribution < 1.29 is 22.7 Å². The average Bonchev–Trinajstić information content (AvgIpc) is 2.92. The monoisotopic (exact) mass is 364 g/mol. The van der Waals surface area contributed by atoms with Crippen molar-refractivity contribution in [2.45, 2.75) is 38.0 Å². The second-order valence-electron chi connectivity index (χ2n) is 6.22. The molecule has 2 aliphatic heterocycles. The first-order valence-corrected chi connectivity index (χ1v) is 8.16. The zero-order valence-corrected chi connectivity index (χ0v) is 13.5. The number of halogens is 3. The van der Waals surface area contributed by atoms with E-state index in [1.807, 2.05) is 0 Å². The van der Waals surface area contributed by atoms with Crippen LogP contribution in [-0.4, -0.2) is 33.6 Å². The molecule has 26 heavy (non-hydrogen) atoms. The van der Waals surface area contributed by atoms with Crippen LogP contribution in [0.4, 0.5) is 23.8 Å². The highest BCUT2D eigenvalue weighted by atomic mass is 19.3. The number of hydrogen-bond donors (Lipinski definition) is 1. The number of anilines is 1. The third-order valence-corrected chi connectivity index (χ3v) is 4.77. The zero-order chi connectivity index (χ0) is 18.3. The van der Waals surface area contributed by atoms with Crippen molar-refractivity contribution in [3.8, 4) is 5.75 Å². The molecule has 9 heteroatoms. The summed E-state index contributed by atoms with van der Waals surface area (Å²) < 4.78 is 42.5. The van der Waals surface area contributed by atoms with Crippen LogP contribution >= 0.6 is 0 Å². The number of carbonyl (C=O) groups is 1. The molecule has 0 spiro atoms. The van der Waals surface area contributed by atoms with Gasteiger partial charge in [0.05, 0.1) is 12.2 Å². The summed E-state index contributed by atoms with van der Waals surface area (Å²) in [7, 11) is 0. The number of rotatable bonds is 3. The van der Waals surface area contributed by atoms with Crippen LogP contribution in [0.15, 0.2) is 30.6 Å². The fourth-order valence-corrected chi connectivity index (χ4v) is 3.73. The Morgan fingerprint density at radius 3 is 2.85 bits per heavy atom. The van der Waals surface area contributed by atoms with Gasteiger partial charge in [-0.05, 0) is 43.0 Å². The Kier molecular flexibility index (Phi) is 4.14. The first-order chi connectivity index (χ1) is 12.5. The standard InChI is InChI=1S/C17H15F3N4O2/c18-15-12-7-9-1-3-13(11(12)5-6-21-15)24(9)17(25)23-14-4-2-10(8-22-14)26-16(19)20/h2,4-6,8-9,13,16H,1,3,7H2,(H,22,23,25)/t9-,13+/m1/s1. The molecule has 2 amide bonds. The molecule has 2 aliphatic rings. The molecule has 0 aromatic carbocycles. The van der Waals surface area contributed by atoms with E-state index in [9.17, 15) is 18.0 Å². The molecule has 0 aliphatic carbocycles. The number of alkyl halides is 2. The molecular weight excluding hydrogens is 349 g/mol. The number of pyridine rings is 2. The summed E-state index contributed by atoms with van der Waals surface area (Å²) in [5, 5.41) is 2.66. The van der Waals surface area contributed by atoms with Gasteiger partial charge in [0.15, 0.2) is 0 Å². The largest absolute Gasteiger partial charge is 0.433 e. The van der Waals surface area contributed by atoms with E-state index in [1.54, 1.807) is 11.0 Å². The normalized spacial score (nSPS) is 20.8. The van der Waals surface area contributed by atoms with E-state index in [-0.39, 0.29) is 29.7 Å². The van der Waals surface area contributed by atoms with E-state index in [0.29, 0.717) is 12.0 Å². The minimum atomic E-state index is -2.93. The second kappa shape index (κ2) is 6.47. The lowest BCUT2D eigenvalue weighted by Crippen LogP contribution is -2.44. The lowest BCUT2D eigenvalue weighted by molar-refractivity contribution is -0.0500. The van der Waals surface area contributed by atoms with E-state index in [2.05, 4.69) is 20.0 Å². The van der Waals surface area contributed by atoms with Crippen LogP contribution in [0.1, 0.15) is 30.0 Å². The van der Waals surface area contributed by atoms with Crippen LogP contribution in [0.25, 0.3) is 0 Å². The molecule has 0 radical (unpaired) electrons. The Morgan fingerprint density at radius 1 is 1.27 bits per heavy atom. The van der Waals surface area contributed by atoms with Crippen LogP contribution in [0.2, 0.25) is 0 Å². The van der Waals surface area contributed by atoms with E-state index in [4.69, 9.17) is 0 Å². The molecule has 2 atom stereocenters. The van der Waals surface area contributed by atoms with Crippen LogP contribution in [0.3, 0.4) is 0 Å². The van der Waals surface area contributed by atoms with E-state index >= 15 is 0 Å². The number of nitrogens with one attached hydrogen (secondary N) is 1. The van der Waals surface area contributed by atoms with Crippen molar-refractivity contribution in [3.63, 3.8) is 0 Å². The second-order valence-corrected chi connectivity index (χ2v) is 6.22. The molecule has 1 saturated heterocycles. The SMILES string of the molecule is O=C(Nc1ccc(OC(F)F)cn1)N1[C@@H]2CC[C@H]1c1ccnc(F)c1C2. The Balaban J connectivity index is 1.51. The lowest BCUT2D eigenvalue weighted by atomic mass is 9.95. The number of hydrogen-bond acceptors (Lipinski definition) is 4. The minimum Gasteiger partial charge on any atom is -0.433 e. The topological polar surface area (TPSA) is 67.3 Å².